The molecule has 0 radical (unpaired) electrons. The molecular formula is C13H23NO4. The summed E-state index contributed by atoms with van der Waals surface area (Å²) in [6, 6.07) is -0.235. The summed E-state index contributed by atoms with van der Waals surface area (Å²) < 4.78 is 10.8. The minimum Gasteiger partial charge on any atom is -0.444 e. The minimum absolute atomic E-state index is 0.235. The quantitative estimate of drug-likeness (QED) is 0.767. The third-order valence-corrected chi connectivity index (χ3v) is 2.77. The van der Waals surface area contributed by atoms with Gasteiger partial charge in [-0.2, -0.15) is 0 Å². The normalized spacial score (nSPS) is 27.4. The Kier molecular flexibility index (Phi) is 4.37. The van der Waals surface area contributed by atoms with Gasteiger partial charge in [0.2, 0.25) is 0 Å². The third kappa shape index (κ3) is 4.64. The molecule has 2 atom stereocenters. The summed E-state index contributed by atoms with van der Waals surface area (Å²) in [5.41, 5.74) is -0.874. The second-order valence-electron chi connectivity index (χ2n) is 6.33. The Hall–Kier alpha value is -1.10. The van der Waals surface area contributed by atoms with E-state index >= 15 is 0 Å². The molecule has 0 saturated carbocycles. The minimum atomic E-state index is -0.540. The van der Waals surface area contributed by atoms with E-state index in [4.69, 9.17) is 9.47 Å². The van der Waals surface area contributed by atoms with Crippen LogP contribution >= 0.6 is 0 Å². The zero-order valence-electron chi connectivity index (χ0n) is 11.8. The second-order valence-corrected chi connectivity index (χ2v) is 6.33. The Morgan fingerprint density at radius 2 is 2.06 bits per heavy atom. The van der Waals surface area contributed by atoms with Crippen molar-refractivity contribution < 1.29 is 19.1 Å². The first kappa shape index (κ1) is 15.0. The monoisotopic (exact) mass is 257 g/mol. The van der Waals surface area contributed by atoms with Crippen LogP contribution in [-0.4, -0.2) is 36.2 Å². The lowest BCUT2D eigenvalue weighted by Gasteiger charge is -2.39. The van der Waals surface area contributed by atoms with E-state index < -0.39 is 11.7 Å². The molecule has 104 valence electrons. The summed E-state index contributed by atoms with van der Waals surface area (Å²) in [5.74, 6) is -0.314. The van der Waals surface area contributed by atoms with Crippen molar-refractivity contribution in [3.63, 3.8) is 0 Å². The first-order chi connectivity index (χ1) is 8.13. The average Bonchev–Trinajstić information content (AvgIpc) is 2.13. The third-order valence-electron chi connectivity index (χ3n) is 2.77. The molecule has 1 heterocycles. The maximum atomic E-state index is 11.7. The Bertz CT molecular complexity index is 319. The largest absolute Gasteiger partial charge is 0.444 e. The van der Waals surface area contributed by atoms with Gasteiger partial charge in [-0.15, -0.1) is 0 Å². The van der Waals surface area contributed by atoms with Gasteiger partial charge < -0.3 is 19.6 Å². The second kappa shape index (κ2) is 5.26. The molecule has 0 aromatic heterocycles. The van der Waals surface area contributed by atoms with E-state index in [1.165, 1.54) is 0 Å². The number of alkyl carbamates (subject to hydrolysis) is 1. The highest BCUT2D eigenvalue weighted by molar-refractivity contribution is 5.69. The van der Waals surface area contributed by atoms with Crippen LogP contribution in [0.1, 0.15) is 41.0 Å². The van der Waals surface area contributed by atoms with Crippen LogP contribution in [0.25, 0.3) is 0 Å². The topological polar surface area (TPSA) is 64.6 Å². The molecule has 18 heavy (non-hydrogen) atoms. The van der Waals surface area contributed by atoms with Gasteiger partial charge in [0.15, 0.2) is 0 Å². The predicted molar refractivity (Wildman–Crippen MR) is 67.4 cm³/mol. The van der Waals surface area contributed by atoms with Gasteiger partial charge in [-0.3, -0.25) is 0 Å². The summed E-state index contributed by atoms with van der Waals surface area (Å²) in [6.45, 7) is 9.62. The van der Waals surface area contributed by atoms with E-state index in [9.17, 15) is 9.59 Å². The van der Waals surface area contributed by atoms with E-state index in [0.29, 0.717) is 13.0 Å². The number of nitrogens with one attached hydrogen (secondary N) is 1. The van der Waals surface area contributed by atoms with Crippen molar-refractivity contribution in [3.8, 4) is 0 Å². The van der Waals surface area contributed by atoms with Crippen LogP contribution < -0.4 is 5.32 Å². The van der Waals surface area contributed by atoms with Crippen LogP contribution in [-0.2, 0) is 14.3 Å². The van der Waals surface area contributed by atoms with Crippen molar-refractivity contribution >= 4 is 12.4 Å². The van der Waals surface area contributed by atoms with Crippen molar-refractivity contribution in [2.45, 2.75) is 58.3 Å². The molecule has 1 saturated heterocycles. The fourth-order valence-corrected chi connectivity index (χ4v) is 1.93. The first-order valence-electron chi connectivity index (χ1n) is 6.22. The van der Waals surface area contributed by atoms with Crippen LogP contribution in [0.15, 0.2) is 0 Å². The lowest BCUT2D eigenvalue weighted by atomic mass is 9.87. The standard InChI is InChI=1S/C13H23NO4/c1-12(2,3)18-11(16)14-10-6-13(4,5)17-8-9(10)7-15/h7,9-10H,6,8H2,1-5H3,(H,14,16)/t9-,10+/m0/s1. The van der Waals surface area contributed by atoms with Gasteiger partial charge >= 0.3 is 6.09 Å². The highest BCUT2D eigenvalue weighted by Crippen LogP contribution is 2.27. The molecule has 0 unspecified atom stereocenters. The van der Waals surface area contributed by atoms with Crippen LogP contribution in [0.5, 0.6) is 0 Å². The molecule has 1 fully saturated rings. The maximum Gasteiger partial charge on any atom is 0.407 e. The van der Waals surface area contributed by atoms with Crippen molar-refractivity contribution in [1.82, 2.24) is 5.32 Å². The molecule has 1 N–H and O–H groups in total. The number of carbonyl (C=O) groups excluding carboxylic acids is 2. The van der Waals surface area contributed by atoms with Gasteiger partial charge in [0.05, 0.1) is 18.1 Å². The highest BCUT2D eigenvalue weighted by atomic mass is 16.6. The molecule has 1 aliphatic rings. The van der Waals surface area contributed by atoms with Gasteiger partial charge in [0.1, 0.15) is 11.9 Å². The van der Waals surface area contributed by atoms with Crippen LogP contribution in [0.4, 0.5) is 4.79 Å². The van der Waals surface area contributed by atoms with Crippen molar-refractivity contribution in [2.75, 3.05) is 6.61 Å². The number of hydrogen-bond acceptors (Lipinski definition) is 4. The highest BCUT2D eigenvalue weighted by Gasteiger charge is 2.37. The lowest BCUT2D eigenvalue weighted by Crippen LogP contribution is -2.52. The van der Waals surface area contributed by atoms with Crippen molar-refractivity contribution in [1.29, 1.82) is 0 Å². The van der Waals surface area contributed by atoms with Gasteiger partial charge in [-0.1, -0.05) is 0 Å². The van der Waals surface area contributed by atoms with Gasteiger partial charge in [0.25, 0.3) is 0 Å². The van der Waals surface area contributed by atoms with Crippen molar-refractivity contribution in [2.24, 2.45) is 5.92 Å². The summed E-state index contributed by atoms with van der Waals surface area (Å²) in [7, 11) is 0. The number of carbonyl (C=O) groups is 2. The van der Waals surface area contributed by atoms with E-state index in [-0.39, 0.29) is 17.6 Å². The first-order valence-corrected chi connectivity index (χ1v) is 6.22. The van der Waals surface area contributed by atoms with Gasteiger partial charge in [-0.05, 0) is 41.0 Å². The number of amides is 1. The Labute approximate surface area is 108 Å². The van der Waals surface area contributed by atoms with Gasteiger partial charge in [0, 0.05) is 6.04 Å². The molecule has 1 amide bonds. The van der Waals surface area contributed by atoms with Crippen LogP contribution in [0.3, 0.4) is 0 Å². The molecule has 1 rings (SSSR count). The van der Waals surface area contributed by atoms with Gasteiger partial charge in [-0.25, -0.2) is 4.79 Å². The molecular weight excluding hydrogens is 234 g/mol. The average molecular weight is 257 g/mol. The molecule has 1 aliphatic heterocycles. The molecule has 5 nitrogen and oxygen atoms in total. The maximum absolute atomic E-state index is 11.7. The number of aldehydes is 1. The molecule has 0 aliphatic carbocycles. The molecule has 0 bridgehead atoms. The zero-order chi connectivity index (χ0) is 14.0. The van der Waals surface area contributed by atoms with Crippen molar-refractivity contribution in [3.05, 3.63) is 0 Å². The van der Waals surface area contributed by atoms with Crippen LogP contribution in [0.2, 0.25) is 0 Å². The smallest absolute Gasteiger partial charge is 0.407 e. The molecule has 0 spiro atoms. The number of hydrogen-bond donors (Lipinski definition) is 1. The van der Waals surface area contributed by atoms with E-state index in [2.05, 4.69) is 5.32 Å². The number of ether oxygens (including phenoxy) is 2. The zero-order valence-corrected chi connectivity index (χ0v) is 11.8. The van der Waals surface area contributed by atoms with E-state index in [0.717, 1.165) is 6.29 Å². The summed E-state index contributed by atoms with van der Waals surface area (Å²) in [4.78, 5) is 22.7. The SMILES string of the molecule is CC(C)(C)OC(=O)N[C@@H]1CC(C)(C)OC[C@@H]1C=O. The fourth-order valence-electron chi connectivity index (χ4n) is 1.93. The molecule has 0 aromatic rings. The lowest BCUT2D eigenvalue weighted by molar-refractivity contribution is -0.126. The number of rotatable bonds is 2. The molecule has 0 aromatic carbocycles. The Balaban J connectivity index is 2.61. The summed E-state index contributed by atoms with van der Waals surface area (Å²) in [6.07, 6.45) is 0.935. The Morgan fingerprint density at radius 3 is 2.56 bits per heavy atom. The summed E-state index contributed by atoms with van der Waals surface area (Å²) in [5, 5.41) is 2.76. The van der Waals surface area contributed by atoms with E-state index in [1.807, 2.05) is 13.8 Å². The van der Waals surface area contributed by atoms with Crippen LogP contribution in [0, 0.1) is 5.92 Å². The van der Waals surface area contributed by atoms with E-state index in [1.54, 1.807) is 20.8 Å². The Morgan fingerprint density at radius 1 is 1.44 bits per heavy atom. The summed E-state index contributed by atoms with van der Waals surface area (Å²) >= 11 is 0. The predicted octanol–water partition coefficient (Wildman–Crippen LogP) is 1.89. The fraction of sp³-hybridized carbons (Fsp3) is 0.846. The molecule has 5 heteroatoms.